The molecule has 0 amide bonds. The fraction of sp³-hybridized carbons (Fsp3) is 0.278. The number of carboxylic acids is 1. The van der Waals surface area contributed by atoms with Crippen LogP contribution in [0.2, 0.25) is 0 Å². The Morgan fingerprint density at radius 1 is 1.27 bits per heavy atom. The largest absolute Gasteiger partial charge is 0.496 e. The molecule has 0 radical (unpaired) electrons. The zero-order valence-electron chi connectivity index (χ0n) is 12.5. The minimum Gasteiger partial charge on any atom is -0.496 e. The van der Waals surface area contributed by atoms with Crippen LogP contribution in [-0.4, -0.2) is 18.2 Å². The number of aromatic carboxylic acids is 1. The van der Waals surface area contributed by atoms with Crippen molar-refractivity contribution in [3.8, 4) is 5.75 Å². The second kappa shape index (κ2) is 6.20. The van der Waals surface area contributed by atoms with Gasteiger partial charge in [0.2, 0.25) is 0 Å². The number of hydrogen-bond donors (Lipinski definition) is 2. The van der Waals surface area contributed by atoms with E-state index >= 15 is 0 Å². The topological polar surface area (TPSA) is 58.6 Å². The second-order valence-electron chi connectivity index (χ2n) is 5.50. The fourth-order valence-corrected chi connectivity index (χ4v) is 3.03. The molecule has 3 rings (SSSR count). The number of fused-ring (bicyclic) bond motifs is 1. The summed E-state index contributed by atoms with van der Waals surface area (Å²) in [7, 11) is 1.71. The zero-order valence-corrected chi connectivity index (χ0v) is 12.5. The average Bonchev–Trinajstić information content (AvgIpc) is 2.96. The molecule has 1 aliphatic rings. The van der Waals surface area contributed by atoms with Crippen LogP contribution in [-0.2, 0) is 13.0 Å². The standard InChI is InChI=1S/C18H19NO3/c1-22-17-4-2-3-14-15(17)9-10-16(14)19-11-12-5-7-13(8-6-12)18(20)21/h2-8,16,19H,9-11H2,1H3,(H,20,21). The molecule has 2 N–H and O–H groups in total. The van der Waals surface area contributed by atoms with Gasteiger partial charge in [-0.15, -0.1) is 0 Å². The van der Waals surface area contributed by atoms with Gasteiger partial charge in [0, 0.05) is 12.6 Å². The molecule has 1 unspecified atom stereocenters. The highest BCUT2D eigenvalue weighted by atomic mass is 16.5. The first-order valence-corrected chi connectivity index (χ1v) is 7.40. The summed E-state index contributed by atoms with van der Waals surface area (Å²) in [6.45, 7) is 0.723. The quantitative estimate of drug-likeness (QED) is 0.890. The predicted molar refractivity (Wildman–Crippen MR) is 84.3 cm³/mol. The van der Waals surface area contributed by atoms with Gasteiger partial charge in [0.1, 0.15) is 5.75 Å². The molecule has 0 saturated heterocycles. The van der Waals surface area contributed by atoms with Crippen molar-refractivity contribution in [1.29, 1.82) is 0 Å². The third-order valence-electron chi connectivity index (χ3n) is 4.20. The molecule has 1 atom stereocenters. The van der Waals surface area contributed by atoms with Crippen LogP contribution in [0.15, 0.2) is 42.5 Å². The third-order valence-corrected chi connectivity index (χ3v) is 4.20. The molecule has 0 aromatic heterocycles. The van der Waals surface area contributed by atoms with Gasteiger partial charge in [0.15, 0.2) is 0 Å². The number of benzene rings is 2. The van der Waals surface area contributed by atoms with Crippen LogP contribution >= 0.6 is 0 Å². The van der Waals surface area contributed by atoms with Gasteiger partial charge in [-0.1, -0.05) is 24.3 Å². The van der Waals surface area contributed by atoms with E-state index in [-0.39, 0.29) is 0 Å². The first-order chi connectivity index (χ1) is 10.7. The normalized spacial score (nSPS) is 16.3. The summed E-state index contributed by atoms with van der Waals surface area (Å²) in [6.07, 6.45) is 2.08. The summed E-state index contributed by atoms with van der Waals surface area (Å²) in [5.74, 6) is 0.0731. The van der Waals surface area contributed by atoms with Crippen LogP contribution in [0.4, 0.5) is 0 Å². The van der Waals surface area contributed by atoms with Gasteiger partial charge in [-0.25, -0.2) is 4.79 Å². The maximum atomic E-state index is 10.8. The van der Waals surface area contributed by atoms with E-state index < -0.39 is 5.97 Å². The third kappa shape index (κ3) is 2.83. The predicted octanol–water partition coefficient (Wildman–Crippen LogP) is 3.17. The summed E-state index contributed by atoms with van der Waals surface area (Å²) in [4.78, 5) is 10.8. The Kier molecular flexibility index (Phi) is 4.11. The van der Waals surface area contributed by atoms with Crippen molar-refractivity contribution in [2.24, 2.45) is 0 Å². The minimum absolute atomic E-state index is 0.319. The van der Waals surface area contributed by atoms with Gasteiger partial charge in [0.25, 0.3) is 0 Å². The number of carbonyl (C=O) groups is 1. The lowest BCUT2D eigenvalue weighted by Gasteiger charge is -2.15. The molecule has 2 aromatic carbocycles. The number of nitrogens with one attached hydrogen (secondary N) is 1. The van der Waals surface area contributed by atoms with Gasteiger partial charge < -0.3 is 15.2 Å². The summed E-state index contributed by atoms with van der Waals surface area (Å²) in [5.41, 5.74) is 4.01. The molecule has 0 fully saturated rings. The molecule has 0 aliphatic heterocycles. The maximum Gasteiger partial charge on any atom is 0.335 e. The molecule has 0 spiro atoms. The smallest absolute Gasteiger partial charge is 0.335 e. The molecule has 4 nitrogen and oxygen atoms in total. The SMILES string of the molecule is COc1cccc2c1CCC2NCc1ccc(C(=O)O)cc1. The van der Waals surface area contributed by atoms with Crippen LogP contribution in [0.25, 0.3) is 0 Å². The number of ether oxygens (including phenoxy) is 1. The van der Waals surface area contributed by atoms with E-state index in [4.69, 9.17) is 9.84 Å². The molecule has 4 heteroatoms. The summed E-state index contributed by atoms with van der Waals surface area (Å²) < 4.78 is 5.42. The highest BCUT2D eigenvalue weighted by molar-refractivity contribution is 5.87. The molecule has 1 aliphatic carbocycles. The van der Waals surface area contributed by atoms with E-state index in [1.54, 1.807) is 19.2 Å². The first-order valence-electron chi connectivity index (χ1n) is 7.40. The number of carboxylic acid groups (broad SMARTS) is 1. The highest BCUT2D eigenvalue weighted by Gasteiger charge is 2.24. The number of methoxy groups -OCH3 is 1. The monoisotopic (exact) mass is 297 g/mol. The number of rotatable bonds is 5. The van der Waals surface area contributed by atoms with Crippen LogP contribution in [0, 0.1) is 0 Å². The van der Waals surface area contributed by atoms with E-state index in [2.05, 4.69) is 11.4 Å². The fourth-order valence-electron chi connectivity index (χ4n) is 3.03. The molecular weight excluding hydrogens is 278 g/mol. The summed E-state index contributed by atoms with van der Waals surface area (Å²) >= 11 is 0. The lowest BCUT2D eigenvalue weighted by atomic mass is 10.1. The van der Waals surface area contributed by atoms with Crippen molar-refractivity contribution in [1.82, 2.24) is 5.32 Å². The molecule has 0 saturated carbocycles. The lowest BCUT2D eigenvalue weighted by Crippen LogP contribution is -2.18. The lowest BCUT2D eigenvalue weighted by molar-refractivity contribution is 0.0697. The molecule has 0 heterocycles. The average molecular weight is 297 g/mol. The van der Waals surface area contributed by atoms with Crippen molar-refractivity contribution in [2.45, 2.75) is 25.4 Å². The Balaban J connectivity index is 1.68. The maximum absolute atomic E-state index is 10.8. The van der Waals surface area contributed by atoms with Gasteiger partial charge >= 0.3 is 5.97 Å². The van der Waals surface area contributed by atoms with Crippen LogP contribution in [0.1, 0.15) is 39.5 Å². The van der Waals surface area contributed by atoms with Crippen LogP contribution in [0.5, 0.6) is 5.75 Å². The molecule has 114 valence electrons. The van der Waals surface area contributed by atoms with E-state index in [1.165, 1.54) is 11.1 Å². The van der Waals surface area contributed by atoms with E-state index in [0.717, 1.165) is 30.7 Å². The van der Waals surface area contributed by atoms with E-state index in [0.29, 0.717) is 11.6 Å². The Labute approximate surface area is 129 Å². The minimum atomic E-state index is -0.892. The van der Waals surface area contributed by atoms with Crippen molar-refractivity contribution < 1.29 is 14.6 Å². The van der Waals surface area contributed by atoms with Crippen molar-refractivity contribution in [3.05, 3.63) is 64.7 Å². The summed E-state index contributed by atoms with van der Waals surface area (Å²) in [6, 6.07) is 13.5. The Morgan fingerprint density at radius 2 is 2.05 bits per heavy atom. The van der Waals surface area contributed by atoms with E-state index in [9.17, 15) is 4.79 Å². The van der Waals surface area contributed by atoms with Gasteiger partial charge in [-0.3, -0.25) is 0 Å². The molecule has 0 bridgehead atoms. The molecule has 2 aromatic rings. The van der Waals surface area contributed by atoms with Crippen molar-refractivity contribution in [2.75, 3.05) is 7.11 Å². The van der Waals surface area contributed by atoms with Crippen molar-refractivity contribution in [3.63, 3.8) is 0 Å². The second-order valence-corrected chi connectivity index (χ2v) is 5.50. The molecule has 22 heavy (non-hydrogen) atoms. The Bertz CT molecular complexity index is 679. The van der Waals surface area contributed by atoms with E-state index in [1.807, 2.05) is 24.3 Å². The van der Waals surface area contributed by atoms with Crippen LogP contribution in [0.3, 0.4) is 0 Å². The Morgan fingerprint density at radius 3 is 2.73 bits per heavy atom. The zero-order chi connectivity index (χ0) is 15.5. The van der Waals surface area contributed by atoms with Crippen molar-refractivity contribution >= 4 is 5.97 Å². The molecular formula is C18H19NO3. The Hall–Kier alpha value is -2.33. The van der Waals surface area contributed by atoms with Gasteiger partial charge in [0.05, 0.1) is 12.7 Å². The summed E-state index contributed by atoms with van der Waals surface area (Å²) in [5, 5.41) is 12.5. The van der Waals surface area contributed by atoms with Gasteiger partial charge in [-0.2, -0.15) is 0 Å². The number of hydrogen-bond acceptors (Lipinski definition) is 3. The van der Waals surface area contributed by atoms with Gasteiger partial charge in [-0.05, 0) is 47.7 Å². The highest BCUT2D eigenvalue weighted by Crippen LogP contribution is 2.36. The first kappa shape index (κ1) is 14.6. The van der Waals surface area contributed by atoms with Crippen LogP contribution < -0.4 is 10.1 Å².